The number of aromatic nitrogens is 2. The number of hydrogen-bond donors (Lipinski definition) is 0. The van der Waals surface area contributed by atoms with E-state index in [1.165, 1.54) is 17.3 Å². The summed E-state index contributed by atoms with van der Waals surface area (Å²) in [4.78, 5) is 32.3. The molecule has 32 heavy (non-hydrogen) atoms. The van der Waals surface area contributed by atoms with E-state index in [1.807, 2.05) is 25.7 Å². The molecule has 1 fully saturated rings. The second-order valence-corrected chi connectivity index (χ2v) is 10.7. The zero-order chi connectivity index (χ0) is 23.6. The van der Waals surface area contributed by atoms with Gasteiger partial charge >= 0.3 is 0 Å². The molecule has 0 radical (unpaired) electrons. The van der Waals surface area contributed by atoms with Crippen LogP contribution in [-0.2, 0) is 28.4 Å². The van der Waals surface area contributed by atoms with Crippen LogP contribution in [0.2, 0.25) is 0 Å². The van der Waals surface area contributed by atoms with E-state index in [9.17, 15) is 9.59 Å². The average Bonchev–Trinajstić information content (AvgIpc) is 2.71. The van der Waals surface area contributed by atoms with Gasteiger partial charge in [-0.1, -0.05) is 56.8 Å². The number of aryl methyl sites for hydroxylation is 1. The van der Waals surface area contributed by atoms with Crippen LogP contribution in [0.5, 0.6) is 0 Å². The molecule has 0 bridgehead atoms. The SMILES string of the molecule is Cc1nc(SCC(=O)N2CC(C)OC(C)C2)n(C)c(=O)c1Cc1ccc(C(C)(C)C)cc1. The van der Waals surface area contributed by atoms with Crippen LogP contribution >= 0.6 is 11.8 Å². The van der Waals surface area contributed by atoms with Crippen molar-refractivity contribution in [2.75, 3.05) is 18.8 Å². The van der Waals surface area contributed by atoms with Gasteiger partial charge in [-0.3, -0.25) is 14.2 Å². The summed E-state index contributed by atoms with van der Waals surface area (Å²) in [6.45, 7) is 13.6. The summed E-state index contributed by atoms with van der Waals surface area (Å²) in [6, 6.07) is 8.44. The number of thioether (sulfide) groups is 1. The summed E-state index contributed by atoms with van der Waals surface area (Å²) in [5, 5.41) is 0.571. The van der Waals surface area contributed by atoms with E-state index >= 15 is 0 Å². The Hall–Kier alpha value is -2.12. The van der Waals surface area contributed by atoms with Crippen molar-refractivity contribution in [2.24, 2.45) is 7.05 Å². The maximum Gasteiger partial charge on any atom is 0.257 e. The van der Waals surface area contributed by atoms with E-state index in [-0.39, 0.29) is 34.8 Å². The first-order valence-corrected chi connectivity index (χ1v) is 12.2. The molecule has 2 heterocycles. The molecular weight excluding hydrogens is 422 g/mol. The molecular formula is C25H35N3O3S. The second-order valence-electron chi connectivity index (χ2n) is 9.79. The number of morpholine rings is 1. The third-order valence-electron chi connectivity index (χ3n) is 5.85. The number of nitrogens with zero attached hydrogens (tertiary/aromatic N) is 3. The first kappa shape index (κ1) is 24.5. The van der Waals surface area contributed by atoms with Gasteiger partial charge in [0.1, 0.15) is 0 Å². The molecule has 0 saturated carbocycles. The lowest BCUT2D eigenvalue weighted by Gasteiger charge is -2.35. The van der Waals surface area contributed by atoms with Crippen LogP contribution in [0.3, 0.4) is 0 Å². The first-order valence-electron chi connectivity index (χ1n) is 11.2. The molecule has 0 spiro atoms. The smallest absolute Gasteiger partial charge is 0.257 e. The van der Waals surface area contributed by atoms with E-state index in [2.05, 4.69) is 50.0 Å². The lowest BCUT2D eigenvalue weighted by Crippen LogP contribution is -2.48. The number of benzene rings is 1. The topological polar surface area (TPSA) is 64.4 Å². The Balaban J connectivity index is 1.71. The molecule has 1 aromatic carbocycles. The molecule has 1 aliphatic heterocycles. The van der Waals surface area contributed by atoms with Gasteiger partial charge in [0.15, 0.2) is 5.16 Å². The van der Waals surface area contributed by atoms with Gasteiger partial charge in [-0.15, -0.1) is 0 Å². The van der Waals surface area contributed by atoms with Crippen molar-refractivity contribution >= 4 is 17.7 Å². The fourth-order valence-electron chi connectivity index (χ4n) is 3.99. The highest BCUT2D eigenvalue weighted by molar-refractivity contribution is 7.99. The molecule has 1 aromatic heterocycles. The van der Waals surface area contributed by atoms with Crippen molar-refractivity contribution in [3.8, 4) is 0 Å². The van der Waals surface area contributed by atoms with Crippen LogP contribution < -0.4 is 5.56 Å². The van der Waals surface area contributed by atoms with Gasteiger partial charge < -0.3 is 9.64 Å². The van der Waals surface area contributed by atoms with E-state index in [1.54, 1.807) is 11.6 Å². The molecule has 1 aliphatic rings. The normalized spacial score (nSPS) is 19.3. The third-order valence-corrected chi connectivity index (χ3v) is 6.86. The number of carbonyl (C=O) groups excluding carboxylic acids is 1. The van der Waals surface area contributed by atoms with E-state index in [0.717, 1.165) is 11.3 Å². The zero-order valence-electron chi connectivity index (χ0n) is 20.3. The molecule has 0 aliphatic carbocycles. The molecule has 6 nitrogen and oxygen atoms in total. The largest absolute Gasteiger partial charge is 0.372 e. The minimum absolute atomic E-state index is 0.0363. The molecule has 3 rings (SSSR count). The minimum Gasteiger partial charge on any atom is -0.372 e. The summed E-state index contributed by atoms with van der Waals surface area (Å²) in [5.41, 5.74) is 3.82. The Morgan fingerprint density at radius 3 is 2.31 bits per heavy atom. The summed E-state index contributed by atoms with van der Waals surface area (Å²) in [5.74, 6) is 0.305. The predicted molar refractivity (Wildman–Crippen MR) is 129 cm³/mol. The summed E-state index contributed by atoms with van der Waals surface area (Å²) < 4.78 is 7.27. The van der Waals surface area contributed by atoms with Gasteiger partial charge in [-0.25, -0.2) is 4.98 Å². The van der Waals surface area contributed by atoms with Gasteiger partial charge in [0.2, 0.25) is 5.91 Å². The highest BCUT2D eigenvalue weighted by Gasteiger charge is 2.26. The Bertz CT molecular complexity index is 1010. The standard InChI is InChI=1S/C25H35N3O3S/c1-16-13-28(14-17(2)31-16)22(29)15-32-24-26-18(3)21(23(30)27(24)7)12-19-8-10-20(11-9-19)25(4,5)6/h8-11,16-17H,12-15H2,1-7H3. The van der Waals surface area contributed by atoms with E-state index < -0.39 is 0 Å². The minimum atomic E-state index is -0.0547. The molecule has 1 amide bonds. The van der Waals surface area contributed by atoms with Crippen molar-refractivity contribution in [3.05, 3.63) is 57.0 Å². The van der Waals surface area contributed by atoms with E-state index in [4.69, 9.17) is 4.74 Å². The number of rotatable bonds is 5. The fraction of sp³-hybridized carbons (Fsp3) is 0.560. The fourth-order valence-corrected chi connectivity index (χ4v) is 4.90. The Kier molecular flexibility index (Phi) is 7.50. The molecule has 174 valence electrons. The monoisotopic (exact) mass is 457 g/mol. The maximum absolute atomic E-state index is 13.1. The Labute approximate surface area is 195 Å². The lowest BCUT2D eigenvalue weighted by atomic mass is 9.86. The Morgan fingerprint density at radius 1 is 1.16 bits per heavy atom. The van der Waals surface area contributed by atoms with Crippen molar-refractivity contribution in [3.63, 3.8) is 0 Å². The van der Waals surface area contributed by atoms with Gasteiger partial charge in [-0.2, -0.15) is 0 Å². The van der Waals surface area contributed by atoms with Crippen LogP contribution in [0.4, 0.5) is 0 Å². The van der Waals surface area contributed by atoms with Gasteiger partial charge in [0.25, 0.3) is 5.56 Å². The van der Waals surface area contributed by atoms with Crippen molar-refractivity contribution < 1.29 is 9.53 Å². The molecule has 0 N–H and O–H groups in total. The second kappa shape index (κ2) is 9.79. The number of amides is 1. The van der Waals surface area contributed by atoms with Crippen molar-refractivity contribution in [2.45, 2.75) is 70.7 Å². The lowest BCUT2D eigenvalue weighted by molar-refractivity contribution is -0.140. The van der Waals surface area contributed by atoms with Gasteiger partial charge in [-0.05, 0) is 37.3 Å². The van der Waals surface area contributed by atoms with Crippen LogP contribution in [0.15, 0.2) is 34.2 Å². The molecule has 2 atom stereocenters. The van der Waals surface area contributed by atoms with Crippen LogP contribution in [0.25, 0.3) is 0 Å². The van der Waals surface area contributed by atoms with Gasteiger partial charge in [0.05, 0.1) is 18.0 Å². The predicted octanol–water partition coefficient (Wildman–Crippen LogP) is 3.70. The molecule has 2 aromatic rings. The Morgan fingerprint density at radius 2 is 1.75 bits per heavy atom. The molecule has 7 heteroatoms. The number of hydrogen-bond acceptors (Lipinski definition) is 5. The summed E-state index contributed by atoms with van der Waals surface area (Å²) in [6.07, 6.45) is 0.618. The van der Waals surface area contributed by atoms with E-state index in [0.29, 0.717) is 30.2 Å². The van der Waals surface area contributed by atoms with Crippen molar-refractivity contribution in [1.82, 2.24) is 14.5 Å². The number of ether oxygens (including phenoxy) is 1. The zero-order valence-corrected chi connectivity index (χ0v) is 21.1. The van der Waals surface area contributed by atoms with Crippen LogP contribution in [0, 0.1) is 6.92 Å². The van der Waals surface area contributed by atoms with Crippen molar-refractivity contribution in [1.29, 1.82) is 0 Å². The summed E-state index contributed by atoms with van der Waals surface area (Å²) >= 11 is 1.32. The first-order chi connectivity index (χ1) is 15.0. The quantitative estimate of drug-likeness (QED) is 0.506. The van der Waals surface area contributed by atoms with Crippen LogP contribution in [0.1, 0.15) is 57.0 Å². The van der Waals surface area contributed by atoms with Crippen LogP contribution in [-0.4, -0.2) is 51.4 Å². The highest BCUT2D eigenvalue weighted by atomic mass is 32.2. The molecule has 2 unspecified atom stereocenters. The molecule has 1 saturated heterocycles. The number of carbonyl (C=O) groups is 1. The third kappa shape index (κ3) is 5.81. The summed E-state index contributed by atoms with van der Waals surface area (Å²) in [7, 11) is 1.73. The maximum atomic E-state index is 13.1. The van der Waals surface area contributed by atoms with Gasteiger partial charge in [0, 0.05) is 37.8 Å². The average molecular weight is 458 g/mol. The highest BCUT2D eigenvalue weighted by Crippen LogP contribution is 2.23.